The summed E-state index contributed by atoms with van der Waals surface area (Å²) in [6.45, 7) is 14.2. The maximum atomic E-state index is 5.39. The summed E-state index contributed by atoms with van der Waals surface area (Å²) >= 11 is 0. The van der Waals surface area contributed by atoms with Gasteiger partial charge in [0.2, 0.25) is 0 Å². The third kappa shape index (κ3) is 9.30. The molecule has 5 nitrogen and oxygen atoms in total. The Bertz CT molecular complexity index is 504. The van der Waals surface area contributed by atoms with Crippen LogP contribution in [0.5, 0.6) is 5.75 Å². The van der Waals surface area contributed by atoms with Crippen molar-refractivity contribution in [1.29, 1.82) is 0 Å². The van der Waals surface area contributed by atoms with Crippen LogP contribution in [0.15, 0.2) is 23.2 Å². The quantitative estimate of drug-likeness (QED) is 0.319. The van der Waals surface area contributed by atoms with Crippen molar-refractivity contribution in [2.75, 3.05) is 46.4 Å². The number of nitrogens with zero attached hydrogens (tertiary/aromatic N) is 2. The van der Waals surface area contributed by atoms with Crippen LogP contribution in [0.4, 0.5) is 0 Å². The van der Waals surface area contributed by atoms with Crippen LogP contribution in [-0.2, 0) is 6.42 Å². The normalized spacial score (nSPS) is 11.2. The minimum Gasteiger partial charge on any atom is -0.496 e. The Kier molecular flexibility index (Phi) is 13.6. The molecular weight excluding hydrogens is 427 g/mol. The van der Waals surface area contributed by atoms with Crippen molar-refractivity contribution >= 4 is 29.9 Å². The predicted octanol–water partition coefficient (Wildman–Crippen LogP) is 3.06. The predicted molar refractivity (Wildman–Crippen MR) is 119 cm³/mol. The van der Waals surface area contributed by atoms with Gasteiger partial charge in [-0.25, -0.2) is 0 Å². The summed E-state index contributed by atoms with van der Waals surface area (Å²) < 4.78 is 5.39. The third-order valence-corrected chi connectivity index (χ3v) is 4.10. The number of rotatable bonds is 10. The van der Waals surface area contributed by atoms with Crippen LogP contribution < -0.4 is 15.4 Å². The van der Waals surface area contributed by atoms with Gasteiger partial charge in [0.1, 0.15) is 5.75 Å². The smallest absolute Gasteiger partial charge is 0.191 e. The lowest BCUT2D eigenvalue weighted by Crippen LogP contribution is -2.39. The van der Waals surface area contributed by atoms with E-state index in [-0.39, 0.29) is 24.0 Å². The molecule has 25 heavy (non-hydrogen) atoms. The van der Waals surface area contributed by atoms with Crippen LogP contribution in [0.25, 0.3) is 0 Å². The highest BCUT2D eigenvalue weighted by molar-refractivity contribution is 14.0. The van der Waals surface area contributed by atoms with Crippen LogP contribution in [-0.4, -0.2) is 57.2 Å². The number of aliphatic imine (C=N–C) groups is 1. The Balaban J connectivity index is 0.00000576. The Morgan fingerprint density at radius 2 is 1.88 bits per heavy atom. The molecule has 0 radical (unpaired) electrons. The van der Waals surface area contributed by atoms with Crippen LogP contribution in [0, 0.1) is 6.92 Å². The topological polar surface area (TPSA) is 48.9 Å². The summed E-state index contributed by atoms with van der Waals surface area (Å²) in [4.78, 5) is 7.04. The first-order chi connectivity index (χ1) is 11.6. The third-order valence-electron chi connectivity index (χ3n) is 4.10. The van der Waals surface area contributed by atoms with Crippen LogP contribution in [0.3, 0.4) is 0 Å². The molecule has 0 saturated carbocycles. The van der Waals surface area contributed by atoms with Gasteiger partial charge in [-0.3, -0.25) is 4.99 Å². The second kappa shape index (κ2) is 14.2. The van der Waals surface area contributed by atoms with Gasteiger partial charge in [0.15, 0.2) is 5.96 Å². The molecule has 0 aliphatic rings. The number of guanidine groups is 1. The van der Waals surface area contributed by atoms with Gasteiger partial charge in [0.25, 0.3) is 0 Å². The van der Waals surface area contributed by atoms with E-state index in [4.69, 9.17) is 4.74 Å². The molecule has 1 rings (SSSR count). The Hall–Kier alpha value is -1.02. The molecular formula is C19H35IN4O. The fraction of sp³-hybridized carbons (Fsp3) is 0.632. The highest BCUT2D eigenvalue weighted by atomic mass is 127. The van der Waals surface area contributed by atoms with E-state index in [1.54, 1.807) is 7.11 Å². The van der Waals surface area contributed by atoms with Crippen LogP contribution in [0.2, 0.25) is 0 Å². The number of ether oxygens (including phenoxy) is 1. The minimum absolute atomic E-state index is 0. The van der Waals surface area contributed by atoms with Gasteiger partial charge >= 0.3 is 0 Å². The molecule has 0 aliphatic heterocycles. The van der Waals surface area contributed by atoms with Crippen molar-refractivity contribution < 1.29 is 4.74 Å². The van der Waals surface area contributed by atoms with E-state index < -0.39 is 0 Å². The standard InChI is InChI=1S/C19H34N4O.HI/c1-6-20-19(22-13-14-23(7-2)8-3)21-12-11-17-10-9-16(4)18(15-17)24-5;/h9-10,15H,6-8,11-14H2,1-5H3,(H2,20,21,22);1H. The van der Waals surface area contributed by atoms with Crippen molar-refractivity contribution in [3.05, 3.63) is 29.3 Å². The first kappa shape index (κ1) is 24.0. The number of likely N-dealkylation sites (N-methyl/N-ethyl adjacent to an activating group) is 1. The molecule has 0 spiro atoms. The van der Waals surface area contributed by atoms with Gasteiger partial charge in [0.05, 0.1) is 13.7 Å². The molecule has 0 bridgehead atoms. The lowest BCUT2D eigenvalue weighted by molar-refractivity contribution is 0.313. The fourth-order valence-corrected chi connectivity index (χ4v) is 2.53. The highest BCUT2D eigenvalue weighted by Crippen LogP contribution is 2.18. The maximum absolute atomic E-state index is 5.39. The summed E-state index contributed by atoms with van der Waals surface area (Å²) in [5.41, 5.74) is 2.43. The van der Waals surface area contributed by atoms with Crippen molar-refractivity contribution in [3.63, 3.8) is 0 Å². The lowest BCUT2D eigenvalue weighted by atomic mass is 10.1. The molecule has 0 aromatic heterocycles. The molecule has 2 N–H and O–H groups in total. The van der Waals surface area contributed by atoms with E-state index in [1.165, 1.54) is 11.1 Å². The van der Waals surface area contributed by atoms with E-state index in [9.17, 15) is 0 Å². The largest absolute Gasteiger partial charge is 0.496 e. The number of aryl methyl sites for hydroxylation is 1. The molecule has 144 valence electrons. The zero-order chi connectivity index (χ0) is 17.8. The summed E-state index contributed by atoms with van der Waals surface area (Å²) in [6, 6.07) is 6.38. The second-order valence-corrected chi connectivity index (χ2v) is 5.77. The van der Waals surface area contributed by atoms with Crippen LogP contribution in [0.1, 0.15) is 31.9 Å². The van der Waals surface area contributed by atoms with Gasteiger partial charge in [-0.2, -0.15) is 0 Å². The molecule has 1 aromatic rings. The van der Waals surface area contributed by atoms with Crippen molar-refractivity contribution in [3.8, 4) is 5.75 Å². The number of hydrogen-bond acceptors (Lipinski definition) is 3. The second-order valence-electron chi connectivity index (χ2n) is 5.77. The first-order valence-electron chi connectivity index (χ1n) is 9.02. The zero-order valence-corrected chi connectivity index (χ0v) is 18.7. The summed E-state index contributed by atoms with van der Waals surface area (Å²) in [5.74, 6) is 1.84. The number of methoxy groups -OCH3 is 1. The number of halogens is 1. The van der Waals surface area contributed by atoms with E-state index in [1.807, 2.05) is 0 Å². The maximum Gasteiger partial charge on any atom is 0.191 e. The van der Waals surface area contributed by atoms with E-state index in [2.05, 4.69) is 66.4 Å². The van der Waals surface area contributed by atoms with Gasteiger partial charge in [-0.1, -0.05) is 26.0 Å². The Morgan fingerprint density at radius 1 is 1.16 bits per heavy atom. The van der Waals surface area contributed by atoms with Gasteiger partial charge in [0, 0.05) is 19.6 Å². The Labute approximate surface area is 170 Å². The highest BCUT2D eigenvalue weighted by Gasteiger charge is 2.02. The van der Waals surface area contributed by atoms with E-state index in [0.717, 1.165) is 57.4 Å². The van der Waals surface area contributed by atoms with E-state index >= 15 is 0 Å². The zero-order valence-electron chi connectivity index (χ0n) is 16.4. The molecule has 1 aromatic carbocycles. The Morgan fingerprint density at radius 3 is 2.48 bits per heavy atom. The van der Waals surface area contributed by atoms with Crippen molar-refractivity contribution in [1.82, 2.24) is 15.5 Å². The lowest BCUT2D eigenvalue weighted by Gasteiger charge is -2.17. The molecule has 0 heterocycles. The summed E-state index contributed by atoms with van der Waals surface area (Å²) in [5, 5.41) is 6.72. The fourth-order valence-electron chi connectivity index (χ4n) is 2.53. The summed E-state index contributed by atoms with van der Waals surface area (Å²) in [7, 11) is 1.72. The van der Waals surface area contributed by atoms with Crippen molar-refractivity contribution in [2.24, 2.45) is 4.99 Å². The van der Waals surface area contributed by atoms with Crippen molar-refractivity contribution in [2.45, 2.75) is 34.1 Å². The van der Waals surface area contributed by atoms with Gasteiger partial charge in [-0.15, -0.1) is 24.0 Å². The molecule has 0 unspecified atom stereocenters. The molecule has 0 amide bonds. The van der Waals surface area contributed by atoms with Crippen LogP contribution >= 0.6 is 24.0 Å². The molecule has 0 fully saturated rings. The molecule has 0 aliphatic carbocycles. The van der Waals surface area contributed by atoms with Gasteiger partial charge in [-0.05, 0) is 50.6 Å². The number of benzene rings is 1. The number of nitrogens with one attached hydrogen (secondary N) is 2. The van der Waals surface area contributed by atoms with Gasteiger partial charge < -0.3 is 20.3 Å². The molecule has 0 atom stereocenters. The monoisotopic (exact) mass is 462 g/mol. The average Bonchev–Trinajstić information content (AvgIpc) is 2.60. The number of hydrogen-bond donors (Lipinski definition) is 2. The minimum atomic E-state index is 0. The molecule has 0 saturated heterocycles. The first-order valence-corrected chi connectivity index (χ1v) is 9.02. The average molecular weight is 462 g/mol. The van der Waals surface area contributed by atoms with E-state index in [0.29, 0.717) is 0 Å². The SMILES string of the molecule is CCNC(=NCCN(CC)CC)NCCc1ccc(C)c(OC)c1.I. The summed E-state index contributed by atoms with van der Waals surface area (Å²) in [6.07, 6.45) is 0.942. The molecule has 6 heteroatoms.